The van der Waals surface area contributed by atoms with E-state index in [1.54, 1.807) is 11.3 Å². The van der Waals surface area contributed by atoms with Crippen LogP contribution in [-0.4, -0.2) is 20.6 Å². The van der Waals surface area contributed by atoms with Crippen molar-refractivity contribution in [1.82, 2.24) is 14.5 Å². The minimum atomic E-state index is 0.208. The molecule has 1 atom stereocenters. The molecule has 0 fully saturated rings. The van der Waals surface area contributed by atoms with Gasteiger partial charge in [-0.05, 0) is 13.3 Å². The Morgan fingerprint density at radius 1 is 1.47 bits per heavy atom. The highest BCUT2D eigenvalue weighted by Crippen LogP contribution is 2.10. The summed E-state index contributed by atoms with van der Waals surface area (Å²) in [6.45, 7) is 4.91. The van der Waals surface area contributed by atoms with Gasteiger partial charge in [-0.1, -0.05) is 6.92 Å². The fourth-order valence-corrected chi connectivity index (χ4v) is 2.28. The second kappa shape index (κ2) is 5.42. The predicted octanol–water partition coefficient (Wildman–Crippen LogP) is 1.98. The minimum Gasteiger partial charge on any atom is -0.331 e. The monoisotopic (exact) mass is 250 g/mol. The maximum absolute atomic E-state index is 5.91. The average molecular weight is 250 g/mol. The molecule has 2 aromatic heterocycles. The molecule has 0 amide bonds. The van der Waals surface area contributed by atoms with Gasteiger partial charge < -0.3 is 10.3 Å². The van der Waals surface area contributed by atoms with Gasteiger partial charge in [0.2, 0.25) is 0 Å². The summed E-state index contributed by atoms with van der Waals surface area (Å²) in [4.78, 5) is 8.80. The molecule has 2 N–H and O–H groups in total. The van der Waals surface area contributed by atoms with Gasteiger partial charge in [0, 0.05) is 24.0 Å². The van der Waals surface area contributed by atoms with E-state index in [0.29, 0.717) is 0 Å². The van der Waals surface area contributed by atoms with E-state index < -0.39 is 0 Å². The van der Waals surface area contributed by atoms with Crippen molar-refractivity contribution in [3.8, 4) is 0 Å². The Labute approximate surface area is 106 Å². The van der Waals surface area contributed by atoms with Crippen molar-refractivity contribution in [3.63, 3.8) is 0 Å². The Morgan fingerprint density at radius 3 is 2.94 bits per heavy atom. The number of imidazole rings is 1. The van der Waals surface area contributed by atoms with Crippen LogP contribution in [0.15, 0.2) is 17.9 Å². The van der Waals surface area contributed by atoms with Crippen LogP contribution >= 0.6 is 11.3 Å². The lowest BCUT2D eigenvalue weighted by Crippen LogP contribution is -2.21. The first-order valence-electron chi connectivity index (χ1n) is 5.84. The Hall–Kier alpha value is -1.20. The molecule has 0 aliphatic carbocycles. The molecule has 0 bridgehead atoms. The van der Waals surface area contributed by atoms with Crippen molar-refractivity contribution >= 4 is 11.3 Å². The Morgan fingerprint density at radius 2 is 2.29 bits per heavy atom. The summed E-state index contributed by atoms with van der Waals surface area (Å²) in [6, 6.07) is 0.208. The number of rotatable bonds is 5. The van der Waals surface area contributed by atoms with Crippen molar-refractivity contribution in [2.24, 2.45) is 5.73 Å². The fraction of sp³-hybridized carbons (Fsp3) is 0.500. The smallest absolute Gasteiger partial charge is 0.0953 e. The first kappa shape index (κ1) is 12.3. The van der Waals surface area contributed by atoms with Gasteiger partial charge in [0.25, 0.3) is 0 Å². The van der Waals surface area contributed by atoms with E-state index in [1.807, 2.05) is 13.3 Å². The topological polar surface area (TPSA) is 56.7 Å². The van der Waals surface area contributed by atoms with Crippen LogP contribution in [0.2, 0.25) is 0 Å². The summed E-state index contributed by atoms with van der Waals surface area (Å²) >= 11 is 1.68. The van der Waals surface area contributed by atoms with Crippen LogP contribution in [0.3, 0.4) is 0 Å². The Kier molecular flexibility index (Phi) is 3.91. The molecule has 2 heterocycles. The zero-order chi connectivity index (χ0) is 12.3. The number of nitrogens with zero attached hydrogens (tertiary/aromatic N) is 3. The molecule has 0 aliphatic rings. The molecule has 2 rings (SSSR count). The van der Waals surface area contributed by atoms with Crippen LogP contribution in [0.1, 0.15) is 29.7 Å². The summed E-state index contributed by atoms with van der Waals surface area (Å²) in [6.07, 6.45) is 5.74. The molecule has 2 aromatic rings. The molecule has 0 aliphatic heterocycles. The molecular formula is C12H18N4S. The van der Waals surface area contributed by atoms with Gasteiger partial charge in [0.1, 0.15) is 0 Å². The maximum atomic E-state index is 5.91. The second-order valence-corrected chi connectivity index (χ2v) is 5.33. The molecule has 17 heavy (non-hydrogen) atoms. The van der Waals surface area contributed by atoms with E-state index >= 15 is 0 Å². The van der Waals surface area contributed by atoms with Crippen LogP contribution in [0, 0.1) is 6.92 Å². The van der Waals surface area contributed by atoms with Gasteiger partial charge in [-0.2, -0.15) is 0 Å². The molecule has 4 nitrogen and oxygen atoms in total. The molecule has 0 saturated carbocycles. The zero-order valence-electron chi connectivity index (χ0n) is 10.3. The van der Waals surface area contributed by atoms with E-state index in [9.17, 15) is 0 Å². The van der Waals surface area contributed by atoms with Crippen molar-refractivity contribution < 1.29 is 0 Å². The normalized spacial score (nSPS) is 12.9. The summed E-state index contributed by atoms with van der Waals surface area (Å²) in [5.74, 6) is 0. The molecule has 92 valence electrons. The van der Waals surface area contributed by atoms with E-state index in [1.165, 1.54) is 0 Å². The van der Waals surface area contributed by atoms with Gasteiger partial charge in [0.05, 0.1) is 29.3 Å². The molecule has 0 spiro atoms. The largest absolute Gasteiger partial charge is 0.331 e. The lowest BCUT2D eigenvalue weighted by atomic mass is 10.1. The van der Waals surface area contributed by atoms with Crippen LogP contribution in [0.5, 0.6) is 0 Å². The third-order valence-corrected chi connectivity index (χ3v) is 3.52. The van der Waals surface area contributed by atoms with Gasteiger partial charge in [-0.25, -0.2) is 9.97 Å². The SMILES string of the molecule is CCC(N)Cc1cn(Cc2csc(C)n2)cn1. The average Bonchev–Trinajstić information content (AvgIpc) is 2.89. The van der Waals surface area contributed by atoms with Crippen LogP contribution in [0.4, 0.5) is 0 Å². The summed E-state index contributed by atoms with van der Waals surface area (Å²) in [7, 11) is 0. The van der Waals surface area contributed by atoms with Crippen molar-refractivity contribution in [2.45, 2.75) is 39.3 Å². The van der Waals surface area contributed by atoms with E-state index in [0.717, 1.165) is 35.8 Å². The molecular weight excluding hydrogens is 232 g/mol. The van der Waals surface area contributed by atoms with E-state index in [-0.39, 0.29) is 6.04 Å². The highest BCUT2D eigenvalue weighted by molar-refractivity contribution is 7.09. The van der Waals surface area contributed by atoms with Gasteiger partial charge in [-0.15, -0.1) is 11.3 Å². The highest BCUT2D eigenvalue weighted by Gasteiger charge is 2.05. The minimum absolute atomic E-state index is 0.208. The summed E-state index contributed by atoms with van der Waals surface area (Å²) < 4.78 is 2.06. The maximum Gasteiger partial charge on any atom is 0.0953 e. The number of aryl methyl sites for hydroxylation is 1. The van der Waals surface area contributed by atoms with Gasteiger partial charge >= 0.3 is 0 Å². The first-order valence-corrected chi connectivity index (χ1v) is 6.72. The Balaban J connectivity index is 1.98. The third-order valence-electron chi connectivity index (χ3n) is 2.69. The Bertz CT molecular complexity index is 474. The lowest BCUT2D eigenvalue weighted by Gasteiger charge is -2.04. The molecule has 0 radical (unpaired) electrons. The number of aromatic nitrogens is 3. The summed E-state index contributed by atoms with van der Waals surface area (Å²) in [5.41, 5.74) is 8.07. The van der Waals surface area contributed by atoms with Gasteiger partial charge in [-0.3, -0.25) is 0 Å². The van der Waals surface area contributed by atoms with Gasteiger partial charge in [0.15, 0.2) is 0 Å². The number of nitrogens with two attached hydrogens (primary N) is 1. The standard InChI is InChI=1S/C12H18N4S/c1-3-10(13)4-11-5-16(8-14-11)6-12-7-17-9(2)15-12/h5,7-8,10H,3-4,6,13H2,1-2H3. The van der Waals surface area contributed by atoms with E-state index in [4.69, 9.17) is 5.73 Å². The van der Waals surface area contributed by atoms with Crippen LogP contribution in [0.25, 0.3) is 0 Å². The second-order valence-electron chi connectivity index (χ2n) is 4.27. The number of hydrogen-bond donors (Lipinski definition) is 1. The number of thiazole rings is 1. The first-order chi connectivity index (χ1) is 8.17. The molecule has 0 aromatic carbocycles. The van der Waals surface area contributed by atoms with Crippen LogP contribution < -0.4 is 5.73 Å². The van der Waals surface area contributed by atoms with Crippen molar-refractivity contribution in [1.29, 1.82) is 0 Å². The fourth-order valence-electron chi connectivity index (χ4n) is 1.68. The number of hydrogen-bond acceptors (Lipinski definition) is 4. The predicted molar refractivity (Wildman–Crippen MR) is 70.2 cm³/mol. The quantitative estimate of drug-likeness (QED) is 0.882. The zero-order valence-corrected chi connectivity index (χ0v) is 11.1. The van der Waals surface area contributed by atoms with Crippen molar-refractivity contribution in [3.05, 3.63) is 34.3 Å². The highest BCUT2D eigenvalue weighted by atomic mass is 32.1. The lowest BCUT2D eigenvalue weighted by molar-refractivity contribution is 0.638. The molecule has 1 unspecified atom stereocenters. The van der Waals surface area contributed by atoms with Crippen molar-refractivity contribution in [2.75, 3.05) is 0 Å². The molecule has 5 heteroatoms. The third kappa shape index (κ3) is 3.38. The van der Waals surface area contributed by atoms with E-state index in [2.05, 4.69) is 33.0 Å². The summed E-state index contributed by atoms with van der Waals surface area (Å²) in [5, 5.41) is 3.20. The van der Waals surface area contributed by atoms with Crippen LogP contribution in [-0.2, 0) is 13.0 Å². The molecule has 0 saturated heterocycles.